The standard InChI is InChI=1S/C16H28ClN5O/c1-7-19-14(23)16(2,3)11-20-15(18-4)22(6)10-13-8-12(17)9-21(13)5/h8-9H,7,10-11H2,1-6H3,(H,18,20)(H,19,23). The molecule has 7 heteroatoms. The van der Waals surface area contributed by atoms with Crippen LogP contribution >= 0.6 is 11.6 Å². The third-order valence-electron chi connectivity index (χ3n) is 3.69. The maximum atomic E-state index is 12.1. The molecule has 0 aliphatic rings. The number of rotatable bonds is 6. The highest BCUT2D eigenvalue weighted by Gasteiger charge is 2.27. The lowest BCUT2D eigenvalue weighted by atomic mass is 9.92. The van der Waals surface area contributed by atoms with Crippen molar-refractivity contribution >= 4 is 23.5 Å². The second-order valence-electron chi connectivity index (χ2n) is 6.26. The summed E-state index contributed by atoms with van der Waals surface area (Å²) < 4.78 is 1.99. The number of halogens is 1. The second-order valence-corrected chi connectivity index (χ2v) is 6.70. The molecular weight excluding hydrogens is 314 g/mol. The lowest BCUT2D eigenvalue weighted by Crippen LogP contribution is -2.48. The summed E-state index contributed by atoms with van der Waals surface area (Å²) in [6, 6.07) is 1.93. The fourth-order valence-corrected chi connectivity index (χ4v) is 2.48. The van der Waals surface area contributed by atoms with E-state index in [1.54, 1.807) is 7.05 Å². The zero-order chi connectivity index (χ0) is 17.6. The normalized spacial score (nSPS) is 12.2. The van der Waals surface area contributed by atoms with Gasteiger partial charge in [0.1, 0.15) is 0 Å². The molecule has 23 heavy (non-hydrogen) atoms. The van der Waals surface area contributed by atoms with Gasteiger partial charge in [-0.1, -0.05) is 11.6 Å². The highest BCUT2D eigenvalue weighted by Crippen LogP contribution is 2.15. The molecule has 0 aliphatic heterocycles. The van der Waals surface area contributed by atoms with Crippen LogP contribution in [0.4, 0.5) is 0 Å². The van der Waals surface area contributed by atoms with Crippen LogP contribution in [0.15, 0.2) is 17.3 Å². The van der Waals surface area contributed by atoms with Crippen LogP contribution in [-0.2, 0) is 18.4 Å². The highest BCUT2D eigenvalue weighted by atomic mass is 35.5. The maximum Gasteiger partial charge on any atom is 0.227 e. The van der Waals surface area contributed by atoms with Gasteiger partial charge < -0.3 is 20.1 Å². The molecule has 0 saturated heterocycles. The number of nitrogens with one attached hydrogen (secondary N) is 2. The van der Waals surface area contributed by atoms with Crippen LogP contribution in [0.25, 0.3) is 0 Å². The Morgan fingerprint density at radius 2 is 2.09 bits per heavy atom. The quantitative estimate of drug-likeness (QED) is 0.613. The Balaban J connectivity index is 2.66. The third kappa shape index (κ3) is 5.46. The number of aliphatic imine (C=N–C) groups is 1. The molecule has 0 fully saturated rings. The predicted octanol–water partition coefficient (Wildman–Crippen LogP) is 1.85. The molecule has 0 radical (unpaired) electrons. The van der Waals surface area contributed by atoms with Gasteiger partial charge in [-0.05, 0) is 26.8 Å². The average molecular weight is 342 g/mol. The van der Waals surface area contributed by atoms with Crippen molar-refractivity contribution in [2.75, 3.05) is 27.2 Å². The molecule has 130 valence electrons. The first-order chi connectivity index (χ1) is 10.7. The van der Waals surface area contributed by atoms with Crippen molar-refractivity contribution in [1.82, 2.24) is 20.1 Å². The van der Waals surface area contributed by atoms with Crippen molar-refractivity contribution in [3.05, 3.63) is 23.0 Å². The first-order valence-corrected chi connectivity index (χ1v) is 8.10. The maximum absolute atomic E-state index is 12.1. The minimum atomic E-state index is -0.513. The van der Waals surface area contributed by atoms with Crippen LogP contribution in [0.2, 0.25) is 5.02 Å². The molecule has 1 heterocycles. The SMILES string of the molecule is CCNC(=O)C(C)(C)CNC(=NC)N(C)Cc1cc(Cl)cn1C. The van der Waals surface area contributed by atoms with Crippen molar-refractivity contribution in [3.63, 3.8) is 0 Å². The summed E-state index contributed by atoms with van der Waals surface area (Å²) in [4.78, 5) is 18.3. The number of amides is 1. The van der Waals surface area contributed by atoms with Gasteiger partial charge in [0.25, 0.3) is 0 Å². The van der Waals surface area contributed by atoms with Crippen molar-refractivity contribution in [3.8, 4) is 0 Å². The number of guanidine groups is 1. The molecule has 0 unspecified atom stereocenters. The van der Waals surface area contributed by atoms with Crippen LogP contribution in [0, 0.1) is 5.41 Å². The van der Waals surface area contributed by atoms with Gasteiger partial charge in [-0.15, -0.1) is 0 Å². The molecule has 1 aromatic heterocycles. The van der Waals surface area contributed by atoms with Crippen molar-refractivity contribution in [2.45, 2.75) is 27.3 Å². The second kappa shape index (κ2) is 8.24. The summed E-state index contributed by atoms with van der Waals surface area (Å²) in [6.07, 6.45) is 1.87. The Kier molecular flexibility index (Phi) is 6.94. The van der Waals surface area contributed by atoms with E-state index < -0.39 is 5.41 Å². The van der Waals surface area contributed by atoms with E-state index in [0.29, 0.717) is 19.6 Å². The van der Waals surface area contributed by atoms with E-state index in [9.17, 15) is 4.79 Å². The van der Waals surface area contributed by atoms with Gasteiger partial charge in [0.05, 0.1) is 17.0 Å². The molecule has 0 spiro atoms. The van der Waals surface area contributed by atoms with Crippen LogP contribution in [-0.4, -0.2) is 48.5 Å². The lowest BCUT2D eigenvalue weighted by molar-refractivity contribution is -0.128. The molecule has 0 atom stereocenters. The first-order valence-electron chi connectivity index (χ1n) is 7.72. The summed E-state index contributed by atoms with van der Waals surface area (Å²) in [5, 5.41) is 6.84. The molecule has 0 bridgehead atoms. The summed E-state index contributed by atoms with van der Waals surface area (Å²) in [5.74, 6) is 0.763. The molecular formula is C16H28ClN5O. The Morgan fingerprint density at radius 1 is 1.43 bits per heavy atom. The Morgan fingerprint density at radius 3 is 2.57 bits per heavy atom. The number of carbonyl (C=O) groups excluding carboxylic acids is 1. The molecule has 2 N–H and O–H groups in total. The van der Waals surface area contributed by atoms with E-state index in [-0.39, 0.29) is 5.91 Å². The number of aromatic nitrogens is 1. The van der Waals surface area contributed by atoms with Crippen LogP contribution in [0.1, 0.15) is 26.5 Å². The van der Waals surface area contributed by atoms with Crippen molar-refractivity contribution in [2.24, 2.45) is 17.5 Å². The van der Waals surface area contributed by atoms with E-state index in [2.05, 4.69) is 15.6 Å². The summed E-state index contributed by atoms with van der Waals surface area (Å²) in [5.41, 5.74) is 0.574. The minimum absolute atomic E-state index is 0.0276. The van der Waals surface area contributed by atoms with E-state index >= 15 is 0 Å². The number of aryl methyl sites for hydroxylation is 1. The van der Waals surface area contributed by atoms with Crippen LogP contribution in [0.3, 0.4) is 0 Å². The largest absolute Gasteiger partial charge is 0.356 e. The molecule has 0 aromatic carbocycles. The smallest absolute Gasteiger partial charge is 0.227 e. The average Bonchev–Trinajstić information content (AvgIpc) is 2.77. The van der Waals surface area contributed by atoms with Gasteiger partial charge >= 0.3 is 0 Å². The number of carbonyl (C=O) groups is 1. The molecule has 1 rings (SSSR count). The summed E-state index contributed by atoms with van der Waals surface area (Å²) >= 11 is 6.02. The third-order valence-corrected chi connectivity index (χ3v) is 3.89. The van der Waals surface area contributed by atoms with E-state index in [0.717, 1.165) is 16.7 Å². The molecule has 1 amide bonds. The molecule has 1 aromatic rings. The topological polar surface area (TPSA) is 61.7 Å². The highest BCUT2D eigenvalue weighted by molar-refractivity contribution is 6.30. The Hall–Kier alpha value is -1.69. The van der Waals surface area contributed by atoms with Gasteiger partial charge in [0, 0.05) is 46.1 Å². The van der Waals surface area contributed by atoms with Gasteiger partial charge in [-0.2, -0.15) is 0 Å². The summed E-state index contributed by atoms with van der Waals surface area (Å²) in [7, 11) is 5.65. The van der Waals surface area contributed by atoms with E-state index in [1.165, 1.54) is 0 Å². The van der Waals surface area contributed by atoms with Gasteiger partial charge in [-0.25, -0.2) is 0 Å². The molecule has 6 nitrogen and oxygen atoms in total. The van der Waals surface area contributed by atoms with Crippen LogP contribution in [0.5, 0.6) is 0 Å². The van der Waals surface area contributed by atoms with E-state index in [4.69, 9.17) is 11.6 Å². The fourth-order valence-electron chi connectivity index (χ4n) is 2.21. The van der Waals surface area contributed by atoms with Gasteiger partial charge in [-0.3, -0.25) is 9.79 Å². The monoisotopic (exact) mass is 341 g/mol. The van der Waals surface area contributed by atoms with Gasteiger partial charge in [0.2, 0.25) is 5.91 Å². The fraction of sp³-hybridized carbons (Fsp3) is 0.625. The van der Waals surface area contributed by atoms with E-state index in [1.807, 2.05) is 56.6 Å². The van der Waals surface area contributed by atoms with Crippen LogP contribution < -0.4 is 10.6 Å². The van der Waals surface area contributed by atoms with Crippen molar-refractivity contribution < 1.29 is 4.79 Å². The predicted molar refractivity (Wildman–Crippen MR) is 95.7 cm³/mol. The zero-order valence-electron chi connectivity index (χ0n) is 14.9. The molecule has 0 saturated carbocycles. The number of nitrogens with zero attached hydrogens (tertiary/aromatic N) is 3. The molecule has 0 aliphatic carbocycles. The number of hydrogen-bond donors (Lipinski definition) is 2. The lowest BCUT2D eigenvalue weighted by Gasteiger charge is -2.28. The zero-order valence-corrected chi connectivity index (χ0v) is 15.7. The Labute approximate surface area is 143 Å². The minimum Gasteiger partial charge on any atom is -0.356 e. The first kappa shape index (κ1) is 19.4. The Bertz CT molecular complexity index is 565. The summed E-state index contributed by atoms with van der Waals surface area (Å²) in [6.45, 7) is 7.54. The number of hydrogen-bond acceptors (Lipinski definition) is 2. The van der Waals surface area contributed by atoms with Gasteiger partial charge in [0.15, 0.2) is 5.96 Å². The van der Waals surface area contributed by atoms with Crippen molar-refractivity contribution in [1.29, 1.82) is 0 Å².